The summed E-state index contributed by atoms with van der Waals surface area (Å²) in [5, 5.41) is 5.48. The van der Waals surface area contributed by atoms with Crippen molar-refractivity contribution in [2.24, 2.45) is 0 Å². The molecule has 0 unspecified atom stereocenters. The van der Waals surface area contributed by atoms with E-state index in [0.29, 0.717) is 12.1 Å². The van der Waals surface area contributed by atoms with Crippen LogP contribution in [0.3, 0.4) is 0 Å². The van der Waals surface area contributed by atoms with Crippen LogP contribution in [-0.4, -0.2) is 25.6 Å². The fourth-order valence-corrected chi connectivity index (χ4v) is 1.55. The Morgan fingerprint density at radius 2 is 1.90 bits per heavy atom. The summed E-state index contributed by atoms with van der Waals surface area (Å²) in [5.74, 6) is -2.21. The molecule has 1 aromatic rings. The second kappa shape index (κ2) is 7.79. The lowest BCUT2D eigenvalue weighted by atomic mass is 10.2. The van der Waals surface area contributed by atoms with Crippen LogP contribution in [0.1, 0.15) is 25.8 Å². The largest absolute Gasteiger partial charge is 0.487 e. The molecule has 0 aliphatic heterocycles. The van der Waals surface area contributed by atoms with Crippen LogP contribution in [0.15, 0.2) is 12.1 Å². The molecule has 1 amide bonds. The molecule has 0 spiro atoms. The summed E-state index contributed by atoms with van der Waals surface area (Å²) >= 11 is 0. The summed E-state index contributed by atoms with van der Waals surface area (Å²) < 4.78 is 32.5. The van der Waals surface area contributed by atoms with E-state index in [1.807, 2.05) is 13.8 Å². The molecule has 1 aromatic carbocycles. The standard InChI is InChI=1S/C14H20F2N2O2/c1-9(2)18-8-10-6-11(15)14(12(16)7-10)20-5-4-13(19)17-3/h6-7,9,18H,4-5,8H2,1-3H3,(H,17,19). The predicted octanol–water partition coefficient (Wildman–Crippen LogP) is 1.98. The molecule has 0 radical (unpaired) electrons. The molecule has 1 rings (SSSR count). The molecular formula is C14H20F2N2O2. The number of nitrogens with one attached hydrogen (secondary N) is 2. The Balaban J connectivity index is 2.66. The maximum Gasteiger partial charge on any atom is 0.223 e. The van der Waals surface area contributed by atoms with Crippen LogP contribution in [0.5, 0.6) is 5.75 Å². The molecule has 0 saturated carbocycles. The molecule has 0 aliphatic carbocycles. The minimum absolute atomic E-state index is 0.0477. The van der Waals surface area contributed by atoms with E-state index in [1.165, 1.54) is 19.2 Å². The monoisotopic (exact) mass is 286 g/mol. The molecule has 4 nitrogen and oxygen atoms in total. The molecule has 20 heavy (non-hydrogen) atoms. The lowest BCUT2D eigenvalue weighted by Gasteiger charge is -2.11. The van der Waals surface area contributed by atoms with Crippen molar-refractivity contribution < 1.29 is 18.3 Å². The fourth-order valence-electron chi connectivity index (χ4n) is 1.55. The lowest BCUT2D eigenvalue weighted by molar-refractivity contribution is -0.121. The molecular weight excluding hydrogens is 266 g/mol. The zero-order valence-corrected chi connectivity index (χ0v) is 11.9. The number of hydrogen-bond acceptors (Lipinski definition) is 3. The molecule has 0 bridgehead atoms. The topological polar surface area (TPSA) is 50.4 Å². The van der Waals surface area contributed by atoms with E-state index in [2.05, 4.69) is 10.6 Å². The molecule has 6 heteroatoms. The Labute approximate surface area is 117 Å². The Morgan fingerprint density at radius 1 is 1.30 bits per heavy atom. The number of ether oxygens (including phenoxy) is 1. The van der Waals surface area contributed by atoms with Crippen molar-refractivity contribution in [2.45, 2.75) is 32.9 Å². The Kier molecular flexibility index (Phi) is 6.38. The van der Waals surface area contributed by atoms with Crippen molar-refractivity contribution in [1.82, 2.24) is 10.6 Å². The van der Waals surface area contributed by atoms with E-state index < -0.39 is 17.4 Å². The summed E-state index contributed by atoms with van der Waals surface area (Å²) in [5.41, 5.74) is 0.507. The number of benzene rings is 1. The van der Waals surface area contributed by atoms with Gasteiger partial charge in [-0.05, 0) is 17.7 Å². The van der Waals surface area contributed by atoms with Gasteiger partial charge in [0.25, 0.3) is 0 Å². The van der Waals surface area contributed by atoms with E-state index in [9.17, 15) is 13.6 Å². The van der Waals surface area contributed by atoms with Gasteiger partial charge in [-0.3, -0.25) is 4.79 Å². The highest BCUT2D eigenvalue weighted by Crippen LogP contribution is 2.23. The van der Waals surface area contributed by atoms with Gasteiger partial charge in [-0.15, -0.1) is 0 Å². The Bertz CT molecular complexity index is 441. The highest BCUT2D eigenvalue weighted by Gasteiger charge is 2.13. The number of amides is 1. The second-order valence-electron chi connectivity index (χ2n) is 4.70. The first kappa shape index (κ1) is 16.4. The number of rotatable bonds is 7. The molecule has 112 valence electrons. The van der Waals surface area contributed by atoms with Gasteiger partial charge >= 0.3 is 0 Å². The van der Waals surface area contributed by atoms with Gasteiger partial charge in [0.2, 0.25) is 5.91 Å². The van der Waals surface area contributed by atoms with Crippen LogP contribution in [0.25, 0.3) is 0 Å². The highest BCUT2D eigenvalue weighted by molar-refractivity contribution is 5.75. The normalized spacial score (nSPS) is 10.7. The van der Waals surface area contributed by atoms with Gasteiger partial charge in [0, 0.05) is 19.6 Å². The Hall–Kier alpha value is -1.69. The third-order valence-corrected chi connectivity index (χ3v) is 2.63. The van der Waals surface area contributed by atoms with Gasteiger partial charge in [-0.2, -0.15) is 0 Å². The van der Waals surface area contributed by atoms with Crippen molar-refractivity contribution >= 4 is 5.91 Å². The molecule has 0 atom stereocenters. The van der Waals surface area contributed by atoms with Crippen molar-refractivity contribution in [3.63, 3.8) is 0 Å². The first-order valence-corrected chi connectivity index (χ1v) is 6.48. The van der Waals surface area contributed by atoms with Gasteiger partial charge in [-0.1, -0.05) is 13.8 Å². The van der Waals surface area contributed by atoms with Gasteiger partial charge < -0.3 is 15.4 Å². The van der Waals surface area contributed by atoms with Crippen LogP contribution >= 0.6 is 0 Å². The number of carbonyl (C=O) groups is 1. The summed E-state index contributed by atoms with van der Waals surface area (Å²) in [7, 11) is 1.49. The van der Waals surface area contributed by atoms with Crippen molar-refractivity contribution in [3.8, 4) is 5.75 Å². The van der Waals surface area contributed by atoms with Crippen molar-refractivity contribution in [1.29, 1.82) is 0 Å². The Morgan fingerprint density at radius 3 is 2.40 bits per heavy atom. The minimum Gasteiger partial charge on any atom is -0.487 e. The summed E-state index contributed by atoms with van der Waals surface area (Å²) in [6.07, 6.45) is 0.0477. The summed E-state index contributed by atoms with van der Waals surface area (Å²) in [6, 6.07) is 2.69. The van der Waals surface area contributed by atoms with E-state index in [4.69, 9.17) is 4.74 Å². The third kappa shape index (κ3) is 5.13. The maximum absolute atomic E-state index is 13.7. The molecule has 0 fully saturated rings. The van der Waals surface area contributed by atoms with Gasteiger partial charge in [-0.25, -0.2) is 8.78 Å². The zero-order valence-electron chi connectivity index (χ0n) is 11.9. The minimum atomic E-state index is -0.762. The van der Waals surface area contributed by atoms with E-state index in [-0.39, 0.29) is 25.0 Å². The SMILES string of the molecule is CNC(=O)CCOc1c(F)cc(CNC(C)C)cc1F. The van der Waals surface area contributed by atoms with Gasteiger partial charge in [0.05, 0.1) is 13.0 Å². The lowest BCUT2D eigenvalue weighted by Crippen LogP contribution is -2.22. The average Bonchev–Trinajstić information content (AvgIpc) is 2.39. The zero-order chi connectivity index (χ0) is 15.1. The highest BCUT2D eigenvalue weighted by atomic mass is 19.1. The van der Waals surface area contributed by atoms with Crippen LogP contribution in [-0.2, 0) is 11.3 Å². The van der Waals surface area contributed by atoms with Crippen LogP contribution in [0.2, 0.25) is 0 Å². The van der Waals surface area contributed by atoms with Crippen molar-refractivity contribution in [2.75, 3.05) is 13.7 Å². The molecule has 2 N–H and O–H groups in total. The third-order valence-electron chi connectivity index (χ3n) is 2.63. The maximum atomic E-state index is 13.7. The molecule has 0 saturated heterocycles. The number of hydrogen-bond donors (Lipinski definition) is 2. The van der Waals surface area contributed by atoms with E-state index >= 15 is 0 Å². The van der Waals surface area contributed by atoms with Crippen LogP contribution < -0.4 is 15.4 Å². The van der Waals surface area contributed by atoms with Gasteiger partial charge in [0.1, 0.15) is 0 Å². The molecule has 0 aromatic heterocycles. The first-order chi connectivity index (χ1) is 9.43. The first-order valence-electron chi connectivity index (χ1n) is 6.48. The van der Waals surface area contributed by atoms with Crippen molar-refractivity contribution in [3.05, 3.63) is 29.3 Å². The van der Waals surface area contributed by atoms with Crippen LogP contribution in [0, 0.1) is 11.6 Å². The molecule has 0 aliphatic rings. The quantitative estimate of drug-likeness (QED) is 0.806. The summed E-state index contributed by atoms with van der Waals surface area (Å²) in [4.78, 5) is 11.0. The second-order valence-corrected chi connectivity index (χ2v) is 4.70. The smallest absolute Gasteiger partial charge is 0.223 e. The number of carbonyl (C=O) groups excluding carboxylic acids is 1. The summed E-state index contributed by atoms with van der Waals surface area (Å²) in [6.45, 7) is 4.20. The molecule has 0 heterocycles. The predicted molar refractivity (Wildman–Crippen MR) is 72.5 cm³/mol. The number of halogens is 2. The van der Waals surface area contributed by atoms with Crippen LogP contribution in [0.4, 0.5) is 8.78 Å². The van der Waals surface area contributed by atoms with E-state index in [0.717, 1.165) is 0 Å². The average molecular weight is 286 g/mol. The fraction of sp³-hybridized carbons (Fsp3) is 0.500. The van der Waals surface area contributed by atoms with Gasteiger partial charge in [0.15, 0.2) is 17.4 Å². The van der Waals surface area contributed by atoms with E-state index in [1.54, 1.807) is 0 Å².